The van der Waals surface area contributed by atoms with E-state index in [0.717, 1.165) is 11.1 Å². The highest BCUT2D eigenvalue weighted by Gasteiger charge is 2.15. The first kappa shape index (κ1) is 30.2. The number of ether oxygens (including phenoxy) is 4. The van der Waals surface area contributed by atoms with Crippen molar-refractivity contribution in [3.63, 3.8) is 0 Å². The van der Waals surface area contributed by atoms with Gasteiger partial charge in [-0.1, -0.05) is 0 Å². The summed E-state index contributed by atoms with van der Waals surface area (Å²) in [5.74, 6) is 0.0126. The van der Waals surface area contributed by atoms with E-state index < -0.39 is 5.97 Å². The Balaban J connectivity index is 0.00000182. The molecule has 1 aromatic carbocycles. The van der Waals surface area contributed by atoms with Crippen LogP contribution in [0.25, 0.3) is 11.1 Å². The third-order valence-electron chi connectivity index (χ3n) is 4.12. The van der Waals surface area contributed by atoms with Gasteiger partial charge in [0, 0.05) is 12.0 Å². The molecule has 12 heteroatoms. The first-order chi connectivity index (χ1) is 16.4. The van der Waals surface area contributed by atoms with Crippen LogP contribution in [0, 0.1) is 6.92 Å². The molecule has 188 valence electrons. The lowest BCUT2D eigenvalue weighted by Gasteiger charge is -2.14. The van der Waals surface area contributed by atoms with Crippen molar-refractivity contribution in [3.8, 4) is 16.9 Å². The largest absolute Gasteiger partial charge is 0.491 e. The molecule has 0 N–H and O–H groups in total. The standard InChI is InChI=1S/C21H25NO7S2.CH4OS/c1-14-9-17(28-7-5-26-3-4-27-6-8-29-31)12-19(30)20(14)15-10-16(13-23)22-18(11-15)21(24)25-2;1-2-3/h9-13,30-31H,3-8H2,1-2H3;3H,1H3. The van der Waals surface area contributed by atoms with Gasteiger partial charge >= 0.3 is 5.97 Å². The maximum absolute atomic E-state index is 11.9. The summed E-state index contributed by atoms with van der Waals surface area (Å²) in [4.78, 5) is 27.8. The Bertz CT molecular complexity index is 891. The van der Waals surface area contributed by atoms with E-state index in [1.54, 1.807) is 18.2 Å². The highest BCUT2D eigenvalue weighted by atomic mass is 32.1. The fourth-order valence-corrected chi connectivity index (χ4v) is 3.30. The van der Waals surface area contributed by atoms with Crippen molar-refractivity contribution in [2.45, 2.75) is 11.8 Å². The minimum atomic E-state index is -0.622. The average Bonchev–Trinajstić information content (AvgIpc) is 2.82. The second-order valence-corrected chi connectivity index (χ2v) is 7.60. The van der Waals surface area contributed by atoms with Gasteiger partial charge in [-0.05, 0) is 73.7 Å². The molecule has 1 aromatic heterocycles. The zero-order valence-corrected chi connectivity index (χ0v) is 21.9. The number of aromatic nitrogens is 1. The minimum absolute atomic E-state index is 0.0498. The van der Waals surface area contributed by atoms with Gasteiger partial charge in [-0.2, -0.15) is 0 Å². The molecule has 0 fully saturated rings. The highest BCUT2D eigenvalue weighted by molar-refractivity contribution is 7.80. The zero-order chi connectivity index (χ0) is 25.3. The zero-order valence-electron chi connectivity index (χ0n) is 19.2. The number of aldehydes is 1. The van der Waals surface area contributed by atoms with Crippen LogP contribution >= 0.6 is 38.4 Å². The Morgan fingerprint density at radius 1 is 0.971 bits per heavy atom. The smallest absolute Gasteiger partial charge is 0.356 e. The molecule has 1 heterocycles. The predicted octanol–water partition coefficient (Wildman–Crippen LogP) is 3.70. The van der Waals surface area contributed by atoms with E-state index in [1.165, 1.54) is 14.2 Å². The van der Waals surface area contributed by atoms with Crippen LogP contribution in [0.3, 0.4) is 0 Å². The van der Waals surface area contributed by atoms with E-state index in [9.17, 15) is 9.59 Å². The number of rotatable bonds is 13. The number of methoxy groups -OCH3 is 1. The maximum atomic E-state index is 11.9. The third kappa shape index (κ3) is 10.6. The topological polar surface area (TPSA) is 102 Å². The quantitative estimate of drug-likeness (QED) is 0.117. The van der Waals surface area contributed by atoms with Crippen LogP contribution in [-0.4, -0.2) is 71.1 Å². The summed E-state index contributed by atoms with van der Waals surface area (Å²) in [5, 5.41) is 0. The van der Waals surface area contributed by atoms with Gasteiger partial charge in [-0.3, -0.25) is 4.79 Å². The average molecular weight is 532 g/mol. The van der Waals surface area contributed by atoms with E-state index in [-0.39, 0.29) is 11.4 Å². The van der Waals surface area contributed by atoms with Crippen LogP contribution < -0.4 is 4.74 Å². The highest BCUT2D eigenvalue weighted by Crippen LogP contribution is 2.34. The maximum Gasteiger partial charge on any atom is 0.356 e. The van der Waals surface area contributed by atoms with Gasteiger partial charge in [-0.25, -0.2) is 9.78 Å². The van der Waals surface area contributed by atoms with Crippen LogP contribution in [0.4, 0.5) is 0 Å². The molecule has 9 nitrogen and oxygen atoms in total. The van der Waals surface area contributed by atoms with Crippen molar-refractivity contribution < 1.29 is 36.9 Å². The lowest BCUT2D eigenvalue weighted by atomic mass is 9.99. The minimum Gasteiger partial charge on any atom is -0.491 e. The third-order valence-corrected chi connectivity index (χ3v) is 4.66. The first-order valence-corrected chi connectivity index (χ1v) is 11.2. The number of nitrogens with zero attached hydrogens (tertiary/aromatic N) is 1. The monoisotopic (exact) mass is 531 g/mol. The van der Waals surface area contributed by atoms with Crippen molar-refractivity contribution in [1.29, 1.82) is 0 Å². The lowest BCUT2D eigenvalue weighted by molar-refractivity contribution is 0.0293. The molecular weight excluding hydrogens is 502 g/mol. The molecule has 2 rings (SSSR count). The number of hydrogen-bond donors (Lipinski definition) is 3. The summed E-state index contributed by atoms with van der Waals surface area (Å²) < 4.78 is 29.7. The molecule has 34 heavy (non-hydrogen) atoms. The van der Waals surface area contributed by atoms with E-state index in [1.807, 2.05) is 13.0 Å². The van der Waals surface area contributed by atoms with Crippen molar-refractivity contribution in [2.75, 3.05) is 53.9 Å². The second-order valence-electron chi connectivity index (χ2n) is 6.50. The molecule has 0 bridgehead atoms. The fraction of sp³-hybridized carbons (Fsp3) is 0.409. The Morgan fingerprint density at radius 3 is 2.15 bits per heavy atom. The van der Waals surface area contributed by atoms with Crippen molar-refractivity contribution >= 4 is 50.7 Å². The molecular formula is C22H29NO8S3. The van der Waals surface area contributed by atoms with Gasteiger partial charge in [0.15, 0.2) is 6.29 Å². The van der Waals surface area contributed by atoms with Gasteiger partial charge < -0.3 is 27.3 Å². The summed E-state index contributed by atoms with van der Waals surface area (Å²) in [5.41, 5.74) is 2.45. The Morgan fingerprint density at radius 2 is 1.59 bits per heavy atom. The second kappa shape index (κ2) is 17.6. The molecule has 0 aliphatic rings. The number of hydrogen-bond acceptors (Lipinski definition) is 12. The van der Waals surface area contributed by atoms with Crippen LogP contribution in [0.15, 0.2) is 29.2 Å². The summed E-state index contributed by atoms with van der Waals surface area (Å²) >= 11 is 11.5. The van der Waals surface area contributed by atoms with Gasteiger partial charge in [0.1, 0.15) is 23.7 Å². The lowest BCUT2D eigenvalue weighted by Crippen LogP contribution is -2.12. The number of carbonyl (C=O) groups is 2. The van der Waals surface area contributed by atoms with Crippen LogP contribution in [0.5, 0.6) is 5.75 Å². The first-order valence-electron chi connectivity index (χ1n) is 10.0. The summed E-state index contributed by atoms with van der Waals surface area (Å²) in [6.45, 7) is 4.47. The predicted molar refractivity (Wildman–Crippen MR) is 136 cm³/mol. The normalized spacial score (nSPS) is 10.3. The molecule has 0 aliphatic carbocycles. The number of carbonyl (C=O) groups excluding carboxylic acids is 2. The SMILES string of the molecule is COC(=O)c1cc(-c2c(C)cc(OCCOCCOCCOS)cc2S)cc(C=O)n1.COS. The number of benzene rings is 1. The molecule has 0 saturated carbocycles. The Hall–Kier alpha value is -1.80. The molecule has 0 atom stereocenters. The molecule has 0 aliphatic heterocycles. The molecule has 0 unspecified atom stereocenters. The number of pyridine rings is 1. The molecule has 0 amide bonds. The van der Waals surface area contributed by atoms with Crippen molar-refractivity contribution in [2.24, 2.45) is 0 Å². The van der Waals surface area contributed by atoms with Gasteiger partial charge in [0.05, 0.1) is 40.1 Å². The van der Waals surface area contributed by atoms with Crippen LogP contribution in [0.2, 0.25) is 0 Å². The van der Waals surface area contributed by atoms with Crippen molar-refractivity contribution in [3.05, 3.63) is 41.2 Å². The van der Waals surface area contributed by atoms with E-state index in [0.29, 0.717) is 62.1 Å². The van der Waals surface area contributed by atoms with Gasteiger partial charge in [0.25, 0.3) is 0 Å². The molecule has 0 spiro atoms. The number of aryl methyl sites for hydroxylation is 1. The Labute approximate surface area is 216 Å². The summed E-state index contributed by atoms with van der Waals surface area (Å²) in [7, 11) is 2.75. The van der Waals surface area contributed by atoms with Crippen LogP contribution in [0.1, 0.15) is 26.5 Å². The van der Waals surface area contributed by atoms with Gasteiger partial charge in [0.2, 0.25) is 0 Å². The van der Waals surface area contributed by atoms with Crippen LogP contribution in [-0.2, 0) is 22.6 Å². The Kier molecular flexibility index (Phi) is 15.7. The summed E-state index contributed by atoms with van der Waals surface area (Å²) in [6, 6.07) is 6.79. The van der Waals surface area contributed by atoms with Gasteiger partial charge in [-0.15, -0.1) is 12.6 Å². The molecule has 0 saturated heterocycles. The van der Waals surface area contributed by atoms with E-state index in [2.05, 4.69) is 51.8 Å². The van der Waals surface area contributed by atoms with Crippen molar-refractivity contribution in [1.82, 2.24) is 4.98 Å². The number of thiol groups is 3. The molecule has 0 radical (unpaired) electrons. The number of esters is 1. The van der Waals surface area contributed by atoms with E-state index >= 15 is 0 Å². The van der Waals surface area contributed by atoms with E-state index in [4.69, 9.17) is 18.9 Å². The fourth-order valence-electron chi connectivity index (χ4n) is 2.80. The molecule has 2 aromatic rings. The summed E-state index contributed by atoms with van der Waals surface area (Å²) in [6.07, 6.45) is 0.583.